The highest BCUT2D eigenvalue weighted by atomic mass is 79.9. The molecule has 5 nitrogen and oxygen atoms in total. The van der Waals surface area contributed by atoms with E-state index in [0.29, 0.717) is 24.5 Å². The first-order valence-electron chi connectivity index (χ1n) is 6.17. The highest BCUT2D eigenvalue weighted by Gasteiger charge is 2.06. The lowest BCUT2D eigenvalue weighted by Gasteiger charge is -2.03. The Bertz CT molecular complexity index is 511. The van der Waals surface area contributed by atoms with E-state index in [1.54, 1.807) is 11.3 Å². The molecule has 0 spiro atoms. The van der Waals surface area contributed by atoms with Crippen LogP contribution >= 0.6 is 27.3 Å². The van der Waals surface area contributed by atoms with Crippen LogP contribution in [0.2, 0.25) is 0 Å². The van der Waals surface area contributed by atoms with Crippen molar-refractivity contribution >= 4 is 33.3 Å². The number of nitrogens with zero attached hydrogens (tertiary/aromatic N) is 2. The van der Waals surface area contributed by atoms with Crippen LogP contribution in [0.15, 0.2) is 20.3 Å². The minimum atomic E-state index is 0.403. The second-order valence-electron chi connectivity index (χ2n) is 4.42. The zero-order valence-electron chi connectivity index (χ0n) is 10.9. The predicted molar refractivity (Wildman–Crippen MR) is 80.5 cm³/mol. The molecule has 2 aromatic rings. The molecule has 0 amide bonds. The van der Waals surface area contributed by atoms with Crippen molar-refractivity contribution in [3.8, 4) is 0 Å². The van der Waals surface area contributed by atoms with Gasteiger partial charge >= 0.3 is 6.01 Å². The van der Waals surface area contributed by atoms with Crippen molar-refractivity contribution in [2.45, 2.75) is 32.9 Å². The van der Waals surface area contributed by atoms with Crippen LogP contribution in [-0.4, -0.2) is 22.8 Å². The van der Waals surface area contributed by atoms with E-state index in [4.69, 9.17) is 4.42 Å². The molecule has 0 aliphatic carbocycles. The standard InChI is InChI=1S/C12H17BrN4OS/c1-8(2)15-7-11-16-17-12(18-11)14-6-5-9-3-4-10(13)19-9/h3-4,8,15H,5-7H2,1-2H3,(H,14,17). The lowest BCUT2D eigenvalue weighted by atomic mass is 10.3. The van der Waals surface area contributed by atoms with Gasteiger partial charge < -0.3 is 15.1 Å². The molecule has 0 aromatic carbocycles. The summed E-state index contributed by atoms with van der Waals surface area (Å²) in [4.78, 5) is 1.32. The lowest BCUT2D eigenvalue weighted by Crippen LogP contribution is -2.21. The van der Waals surface area contributed by atoms with Crippen LogP contribution in [0.1, 0.15) is 24.6 Å². The molecular formula is C12H17BrN4OS. The summed E-state index contributed by atoms with van der Waals surface area (Å²) in [6, 6.07) is 5.06. The quantitative estimate of drug-likeness (QED) is 0.808. The van der Waals surface area contributed by atoms with Gasteiger partial charge in [0.1, 0.15) is 0 Å². The average molecular weight is 345 g/mol. The molecule has 0 atom stereocenters. The number of halogens is 1. The summed E-state index contributed by atoms with van der Waals surface area (Å²) in [6.45, 7) is 5.54. The molecule has 0 radical (unpaired) electrons. The molecule has 2 N–H and O–H groups in total. The molecule has 19 heavy (non-hydrogen) atoms. The predicted octanol–water partition coefficient (Wildman–Crippen LogP) is 3.05. The highest BCUT2D eigenvalue weighted by Crippen LogP contribution is 2.22. The molecule has 0 bridgehead atoms. The Morgan fingerprint density at radius 2 is 2.21 bits per heavy atom. The van der Waals surface area contributed by atoms with Crippen molar-refractivity contribution in [3.05, 3.63) is 26.7 Å². The Balaban J connectivity index is 1.74. The lowest BCUT2D eigenvalue weighted by molar-refractivity contribution is 0.458. The van der Waals surface area contributed by atoms with Crippen LogP contribution in [0, 0.1) is 0 Å². The molecule has 0 saturated heterocycles. The van der Waals surface area contributed by atoms with Crippen LogP contribution in [-0.2, 0) is 13.0 Å². The van der Waals surface area contributed by atoms with Gasteiger partial charge in [0.15, 0.2) is 0 Å². The minimum absolute atomic E-state index is 0.403. The summed E-state index contributed by atoms with van der Waals surface area (Å²) in [5, 5.41) is 14.3. The average Bonchev–Trinajstić information content (AvgIpc) is 2.96. The zero-order valence-corrected chi connectivity index (χ0v) is 13.3. The van der Waals surface area contributed by atoms with Gasteiger partial charge in [-0.2, -0.15) is 0 Å². The van der Waals surface area contributed by atoms with Crippen LogP contribution in [0.5, 0.6) is 0 Å². The van der Waals surface area contributed by atoms with Crippen LogP contribution in [0.25, 0.3) is 0 Å². The van der Waals surface area contributed by atoms with Crippen molar-refractivity contribution in [2.24, 2.45) is 0 Å². The van der Waals surface area contributed by atoms with E-state index in [1.165, 1.54) is 4.88 Å². The Hall–Kier alpha value is -0.920. The monoisotopic (exact) mass is 344 g/mol. The number of anilines is 1. The number of aromatic nitrogens is 2. The molecular weight excluding hydrogens is 328 g/mol. The summed E-state index contributed by atoms with van der Waals surface area (Å²) in [5.74, 6) is 0.607. The zero-order chi connectivity index (χ0) is 13.7. The number of rotatable bonds is 7. The number of nitrogens with one attached hydrogen (secondary N) is 2. The molecule has 0 fully saturated rings. The number of hydrogen-bond acceptors (Lipinski definition) is 6. The third-order valence-electron chi connectivity index (χ3n) is 2.40. The maximum atomic E-state index is 5.48. The molecule has 0 aliphatic heterocycles. The van der Waals surface area contributed by atoms with Gasteiger partial charge in [0.2, 0.25) is 5.89 Å². The number of hydrogen-bond donors (Lipinski definition) is 2. The molecule has 7 heteroatoms. The van der Waals surface area contributed by atoms with Crippen molar-refractivity contribution in [1.29, 1.82) is 0 Å². The van der Waals surface area contributed by atoms with Gasteiger partial charge in [-0.25, -0.2) is 0 Å². The topological polar surface area (TPSA) is 63.0 Å². The normalized spacial score (nSPS) is 11.2. The van der Waals surface area contributed by atoms with E-state index in [-0.39, 0.29) is 0 Å². The fourth-order valence-electron chi connectivity index (χ4n) is 1.47. The van der Waals surface area contributed by atoms with Crippen molar-refractivity contribution in [3.63, 3.8) is 0 Å². The van der Waals surface area contributed by atoms with Gasteiger partial charge in [0.25, 0.3) is 0 Å². The van der Waals surface area contributed by atoms with Gasteiger partial charge in [0, 0.05) is 17.5 Å². The summed E-state index contributed by atoms with van der Waals surface area (Å²) in [7, 11) is 0. The van der Waals surface area contributed by atoms with Gasteiger partial charge in [-0.1, -0.05) is 18.9 Å². The second kappa shape index (κ2) is 7.02. The molecule has 2 aromatic heterocycles. The van der Waals surface area contributed by atoms with E-state index in [0.717, 1.165) is 16.8 Å². The summed E-state index contributed by atoms with van der Waals surface area (Å²) in [5.41, 5.74) is 0. The summed E-state index contributed by atoms with van der Waals surface area (Å²) >= 11 is 5.19. The van der Waals surface area contributed by atoms with Crippen LogP contribution < -0.4 is 10.6 Å². The van der Waals surface area contributed by atoms with Gasteiger partial charge in [-0.15, -0.1) is 16.4 Å². The Labute approximate surface area is 124 Å². The minimum Gasteiger partial charge on any atom is -0.407 e. The SMILES string of the molecule is CC(C)NCc1nnc(NCCc2ccc(Br)s2)o1. The first kappa shape index (κ1) is 14.5. The van der Waals surface area contributed by atoms with Crippen LogP contribution in [0.4, 0.5) is 6.01 Å². The summed E-state index contributed by atoms with van der Waals surface area (Å²) in [6.07, 6.45) is 0.943. The van der Waals surface area contributed by atoms with E-state index < -0.39 is 0 Å². The molecule has 0 unspecified atom stereocenters. The molecule has 104 valence electrons. The van der Waals surface area contributed by atoms with Crippen molar-refractivity contribution in [2.75, 3.05) is 11.9 Å². The number of thiophene rings is 1. The Morgan fingerprint density at radius 3 is 2.89 bits per heavy atom. The smallest absolute Gasteiger partial charge is 0.315 e. The Morgan fingerprint density at radius 1 is 1.37 bits per heavy atom. The van der Waals surface area contributed by atoms with E-state index in [2.05, 4.69) is 62.7 Å². The largest absolute Gasteiger partial charge is 0.407 e. The third-order valence-corrected chi connectivity index (χ3v) is 4.09. The first-order chi connectivity index (χ1) is 9.13. The second-order valence-corrected chi connectivity index (χ2v) is 6.97. The van der Waals surface area contributed by atoms with E-state index in [1.807, 2.05) is 0 Å². The Kier molecular flexibility index (Phi) is 5.35. The fourth-order valence-corrected chi connectivity index (χ4v) is 2.95. The molecule has 0 saturated carbocycles. The van der Waals surface area contributed by atoms with Crippen molar-refractivity contribution < 1.29 is 4.42 Å². The first-order valence-corrected chi connectivity index (χ1v) is 7.78. The molecule has 0 aliphatic rings. The van der Waals surface area contributed by atoms with Gasteiger partial charge in [-0.05, 0) is 34.5 Å². The van der Waals surface area contributed by atoms with Gasteiger partial charge in [0.05, 0.1) is 10.3 Å². The third kappa shape index (κ3) is 4.93. The van der Waals surface area contributed by atoms with Gasteiger partial charge in [-0.3, -0.25) is 0 Å². The van der Waals surface area contributed by atoms with Crippen molar-refractivity contribution in [1.82, 2.24) is 15.5 Å². The maximum Gasteiger partial charge on any atom is 0.315 e. The molecule has 2 rings (SSSR count). The maximum absolute atomic E-state index is 5.48. The fraction of sp³-hybridized carbons (Fsp3) is 0.500. The highest BCUT2D eigenvalue weighted by molar-refractivity contribution is 9.11. The van der Waals surface area contributed by atoms with Crippen LogP contribution in [0.3, 0.4) is 0 Å². The van der Waals surface area contributed by atoms with E-state index >= 15 is 0 Å². The molecule has 2 heterocycles. The summed E-state index contributed by atoms with van der Waals surface area (Å²) < 4.78 is 6.63. The van der Waals surface area contributed by atoms with E-state index in [9.17, 15) is 0 Å².